The number of aliphatic hydroxyl groups is 1. The molecule has 6 aromatic rings. The highest BCUT2D eigenvalue weighted by Gasteiger charge is 2.58. The lowest BCUT2D eigenvalue weighted by molar-refractivity contribution is -0.207. The van der Waals surface area contributed by atoms with Crippen molar-refractivity contribution < 1.29 is 22.7 Å². The summed E-state index contributed by atoms with van der Waals surface area (Å²) in [6.07, 6.45) is 3.69. The fourth-order valence-electron chi connectivity index (χ4n) is 5.97. The average Bonchev–Trinajstić information content (AvgIpc) is 3.80. The van der Waals surface area contributed by atoms with Crippen LogP contribution in [0.25, 0.3) is 16.8 Å². The number of aromatic nitrogens is 8. The van der Waals surface area contributed by atoms with Gasteiger partial charge in [-0.15, -0.1) is 5.10 Å². The minimum atomic E-state index is -4.15. The van der Waals surface area contributed by atoms with Crippen LogP contribution in [0.5, 0.6) is 0 Å². The number of piperazine rings is 1. The first-order valence-corrected chi connectivity index (χ1v) is 15.2. The van der Waals surface area contributed by atoms with Crippen LogP contribution in [0.15, 0.2) is 103 Å². The molecule has 0 spiro atoms. The maximum Gasteiger partial charge on any atom is 0.347 e. The molecule has 1 saturated heterocycles. The van der Waals surface area contributed by atoms with Crippen molar-refractivity contribution in [3.8, 4) is 16.8 Å². The molecule has 1 atom stereocenters. The Hall–Kier alpha value is -5.90. The number of H-pyrrole nitrogens is 1. The number of nitrogens with one attached hydrogen (secondary N) is 1. The summed E-state index contributed by atoms with van der Waals surface area (Å²) >= 11 is 0. The van der Waals surface area contributed by atoms with Gasteiger partial charge in [-0.25, -0.2) is 27.9 Å². The Labute approximate surface area is 275 Å². The van der Waals surface area contributed by atoms with Gasteiger partial charge in [0.2, 0.25) is 0 Å². The van der Waals surface area contributed by atoms with E-state index in [0.717, 1.165) is 78.0 Å². The summed E-state index contributed by atoms with van der Waals surface area (Å²) in [5.41, 5.74) is -1.12. The Morgan fingerprint density at radius 1 is 0.796 bits per heavy atom. The van der Waals surface area contributed by atoms with Gasteiger partial charge in [-0.3, -0.25) is 4.98 Å². The van der Waals surface area contributed by atoms with E-state index in [0.29, 0.717) is 11.6 Å². The number of rotatable bonds is 9. The predicted molar refractivity (Wildman–Crippen MR) is 170 cm³/mol. The largest absolute Gasteiger partial charge is 0.377 e. The summed E-state index contributed by atoms with van der Waals surface area (Å²) < 4.78 is 62.9. The second kappa shape index (κ2) is 12.6. The Balaban J connectivity index is 1.04. The maximum atomic E-state index is 16.1. The first-order chi connectivity index (χ1) is 23.6. The molecule has 0 saturated carbocycles. The molecule has 3 aromatic heterocycles. The van der Waals surface area contributed by atoms with Crippen LogP contribution >= 0.6 is 0 Å². The van der Waals surface area contributed by atoms with Gasteiger partial charge in [0.05, 0.1) is 12.2 Å². The number of anilines is 2. The highest BCUT2D eigenvalue weighted by Crippen LogP contribution is 2.47. The lowest BCUT2D eigenvalue weighted by Gasteiger charge is -2.37. The summed E-state index contributed by atoms with van der Waals surface area (Å²) in [5, 5.41) is 27.9. The number of pyridine rings is 1. The molecule has 2 N–H and O–H groups in total. The van der Waals surface area contributed by atoms with Crippen molar-refractivity contribution in [3.05, 3.63) is 131 Å². The van der Waals surface area contributed by atoms with E-state index in [2.05, 4.69) is 40.5 Å². The van der Waals surface area contributed by atoms with E-state index >= 15 is 8.78 Å². The zero-order valence-corrected chi connectivity index (χ0v) is 25.7. The van der Waals surface area contributed by atoms with Gasteiger partial charge in [0, 0.05) is 60.9 Å². The number of benzene rings is 3. The van der Waals surface area contributed by atoms with Crippen molar-refractivity contribution in [2.45, 2.75) is 18.1 Å². The van der Waals surface area contributed by atoms with Crippen molar-refractivity contribution in [2.75, 3.05) is 36.0 Å². The second-order valence-electron chi connectivity index (χ2n) is 11.6. The molecule has 1 aliphatic rings. The first kappa shape index (κ1) is 31.7. The molecule has 16 heteroatoms. The summed E-state index contributed by atoms with van der Waals surface area (Å²) in [6.45, 7) is 2.18. The van der Waals surface area contributed by atoms with Crippen molar-refractivity contribution >= 4 is 11.4 Å². The molecule has 0 bridgehead atoms. The quantitative estimate of drug-likeness (QED) is 0.220. The molecular weight excluding hydrogens is 644 g/mol. The summed E-state index contributed by atoms with van der Waals surface area (Å²) in [5.74, 6) is -6.49. The van der Waals surface area contributed by atoms with E-state index < -0.39 is 41.0 Å². The topological polar surface area (TPSA) is 134 Å². The molecule has 0 aliphatic carbocycles. The van der Waals surface area contributed by atoms with E-state index in [1.54, 1.807) is 0 Å². The highest BCUT2D eigenvalue weighted by atomic mass is 19.3. The molecule has 4 heterocycles. The molecule has 1 unspecified atom stereocenters. The van der Waals surface area contributed by atoms with Crippen LogP contribution in [0.1, 0.15) is 11.3 Å². The number of nitrogens with zero attached hydrogens (tertiary/aromatic N) is 9. The fraction of sp³-hybridized carbons (Fsp3) is 0.212. The molecule has 0 amide bonds. The van der Waals surface area contributed by atoms with Crippen molar-refractivity contribution in [1.29, 1.82) is 0 Å². The van der Waals surface area contributed by atoms with Gasteiger partial charge in [0.15, 0.2) is 5.60 Å². The number of tetrazole rings is 1. The molecule has 0 radical (unpaired) electrons. The number of aromatic amines is 1. The van der Waals surface area contributed by atoms with Crippen LogP contribution in [0.4, 0.5) is 28.9 Å². The van der Waals surface area contributed by atoms with Gasteiger partial charge in [0.25, 0.3) is 0 Å². The summed E-state index contributed by atoms with van der Waals surface area (Å²) in [7, 11) is 0. The predicted octanol–water partition coefficient (Wildman–Crippen LogP) is 3.89. The molecule has 49 heavy (non-hydrogen) atoms. The van der Waals surface area contributed by atoms with E-state index in [4.69, 9.17) is 0 Å². The van der Waals surface area contributed by atoms with Gasteiger partial charge in [-0.05, 0) is 70.6 Å². The number of halogens is 4. The Bertz CT molecular complexity index is 2100. The summed E-state index contributed by atoms with van der Waals surface area (Å²) in [4.78, 5) is 20.3. The smallest absolute Gasteiger partial charge is 0.347 e. The lowest BCUT2D eigenvalue weighted by Crippen LogP contribution is -2.48. The zero-order chi connectivity index (χ0) is 34.2. The average molecular weight is 673 g/mol. The fourth-order valence-corrected chi connectivity index (χ4v) is 5.97. The van der Waals surface area contributed by atoms with Crippen LogP contribution in [0.2, 0.25) is 0 Å². The SMILES string of the molecule is O=c1[nH]ncn1-c1ccc(N2CCN(c3ccc(-c4ccc(C(F)(F)C(O)(Cn5cnnn5)c5ccc(F)cc5F)nc4)cc3)CC2)cc1. The van der Waals surface area contributed by atoms with E-state index in [1.165, 1.54) is 23.2 Å². The molecule has 3 aromatic carbocycles. The Morgan fingerprint density at radius 3 is 1.98 bits per heavy atom. The van der Waals surface area contributed by atoms with Crippen LogP contribution < -0.4 is 15.5 Å². The normalized spacial score (nSPS) is 15.0. The van der Waals surface area contributed by atoms with Gasteiger partial charge in [-0.1, -0.05) is 18.2 Å². The van der Waals surface area contributed by atoms with Crippen molar-refractivity contribution in [3.63, 3.8) is 0 Å². The van der Waals surface area contributed by atoms with E-state index in [-0.39, 0.29) is 5.69 Å². The first-order valence-electron chi connectivity index (χ1n) is 15.2. The van der Waals surface area contributed by atoms with E-state index in [1.807, 2.05) is 48.5 Å². The van der Waals surface area contributed by atoms with Crippen LogP contribution in [-0.2, 0) is 18.1 Å². The third-order valence-corrected chi connectivity index (χ3v) is 8.65. The van der Waals surface area contributed by atoms with Crippen molar-refractivity contribution in [1.82, 2.24) is 40.0 Å². The number of alkyl halides is 2. The maximum absolute atomic E-state index is 16.1. The van der Waals surface area contributed by atoms with Gasteiger partial charge >= 0.3 is 11.6 Å². The number of hydrogen-bond acceptors (Lipinski definition) is 9. The Kier molecular flexibility index (Phi) is 8.15. The molecule has 7 rings (SSSR count). The lowest BCUT2D eigenvalue weighted by atomic mass is 9.84. The Morgan fingerprint density at radius 2 is 1.43 bits per heavy atom. The molecule has 1 aliphatic heterocycles. The third kappa shape index (κ3) is 6.01. The van der Waals surface area contributed by atoms with E-state index in [9.17, 15) is 18.7 Å². The summed E-state index contributed by atoms with van der Waals surface area (Å²) in [6, 6.07) is 19.8. The number of hydrogen-bond donors (Lipinski definition) is 2. The third-order valence-electron chi connectivity index (χ3n) is 8.65. The molecular formula is C33H28F4N10O2. The van der Waals surface area contributed by atoms with Gasteiger partial charge in [0.1, 0.15) is 30.0 Å². The van der Waals surface area contributed by atoms with Gasteiger partial charge in [-0.2, -0.15) is 13.9 Å². The minimum Gasteiger partial charge on any atom is -0.377 e. The molecule has 1 fully saturated rings. The van der Waals surface area contributed by atoms with Gasteiger partial charge < -0.3 is 14.9 Å². The highest BCUT2D eigenvalue weighted by molar-refractivity contribution is 5.66. The van der Waals surface area contributed by atoms with Crippen LogP contribution in [0.3, 0.4) is 0 Å². The second-order valence-corrected chi connectivity index (χ2v) is 11.6. The minimum absolute atomic E-state index is 0.301. The zero-order valence-electron chi connectivity index (χ0n) is 25.7. The van der Waals surface area contributed by atoms with Crippen molar-refractivity contribution in [2.24, 2.45) is 0 Å². The molecule has 12 nitrogen and oxygen atoms in total. The molecule has 250 valence electrons. The monoisotopic (exact) mass is 672 g/mol. The van der Waals surface area contributed by atoms with Crippen LogP contribution in [0, 0.1) is 11.6 Å². The standard InChI is InChI=1S/C33H28F4N10O2/c34-24-4-11-28(29(35)17-24)32(49,19-46-20-40-42-43-46)33(36,37)30-12-3-23(18-38-30)22-1-5-25(6-2-22)44-13-15-45(16-14-44)26-7-9-27(10-8-26)47-21-39-41-31(47)48/h1-12,17-18,20-21,49H,13-16,19H2,(H,41,48). The van der Waals surface area contributed by atoms with Crippen LogP contribution in [-0.4, -0.2) is 71.2 Å².